The molecule has 0 saturated carbocycles. The average Bonchev–Trinajstić information content (AvgIpc) is 2.87. The second kappa shape index (κ2) is 5.36. The molecule has 1 aromatic carbocycles. The van der Waals surface area contributed by atoms with Gasteiger partial charge in [-0.1, -0.05) is 0 Å². The number of thiazole rings is 1. The number of benzene rings is 1. The predicted octanol–water partition coefficient (Wildman–Crippen LogP) is 3.79. The van der Waals surface area contributed by atoms with Crippen LogP contribution >= 0.6 is 11.3 Å². The largest absolute Gasteiger partial charge is 0.486 e. The van der Waals surface area contributed by atoms with E-state index >= 15 is 0 Å². The van der Waals surface area contributed by atoms with Gasteiger partial charge in [0.1, 0.15) is 27.3 Å². The van der Waals surface area contributed by atoms with Crippen LogP contribution in [0.5, 0.6) is 5.75 Å². The van der Waals surface area contributed by atoms with Crippen molar-refractivity contribution in [2.45, 2.75) is 39.2 Å². The van der Waals surface area contributed by atoms with Gasteiger partial charge in [0.2, 0.25) is 0 Å². The molecule has 3 rings (SSSR count). The topological polar surface area (TPSA) is 83.2 Å². The molecule has 2 heterocycles. The molecule has 0 amide bonds. The Morgan fingerprint density at radius 1 is 1.48 bits per heavy atom. The molecule has 0 radical (unpaired) electrons. The van der Waals surface area contributed by atoms with E-state index in [1.54, 1.807) is 13.0 Å². The third-order valence-corrected chi connectivity index (χ3v) is 5.09. The SMILES string of the molecule is Cc1nc(-c2cc(C#N)c3c(c2)CCC(C)(C)O3)sc1C(=O)O. The Hall–Kier alpha value is -2.39. The molecule has 5 nitrogen and oxygen atoms in total. The van der Waals surface area contributed by atoms with Crippen molar-refractivity contribution in [3.63, 3.8) is 0 Å². The molecule has 0 fully saturated rings. The van der Waals surface area contributed by atoms with Crippen molar-refractivity contribution in [2.75, 3.05) is 0 Å². The number of nitriles is 1. The molecule has 0 bridgehead atoms. The summed E-state index contributed by atoms with van der Waals surface area (Å²) in [4.78, 5) is 15.8. The van der Waals surface area contributed by atoms with E-state index < -0.39 is 5.97 Å². The van der Waals surface area contributed by atoms with E-state index in [2.05, 4.69) is 11.1 Å². The summed E-state index contributed by atoms with van der Waals surface area (Å²) in [5, 5.41) is 19.2. The molecule has 6 heteroatoms. The second-order valence-corrected chi connectivity index (χ2v) is 7.22. The van der Waals surface area contributed by atoms with Crippen LogP contribution in [0.15, 0.2) is 12.1 Å². The minimum absolute atomic E-state index is 0.230. The number of carboxylic acids is 1. The fourth-order valence-corrected chi connectivity index (χ4v) is 3.58. The first-order chi connectivity index (χ1) is 10.8. The van der Waals surface area contributed by atoms with Crippen molar-refractivity contribution in [2.24, 2.45) is 0 Å². The highest BCUT2D eigenvalue weighted by molar-refractivity contribution is 7.17. The smallest absolute Gasteiger partial charge is 0.347 e. The molecule has 1 aliphatic rings. The fourth-order valence-electron chi connectivity index (χ4n) is 2.68. The number of nitrogens with zero attached hydrogens (tertiary/aromatic N) is 2. The zero-order valence-electron chi connectivity index (χ0n) is 13.1. The van der Waals surface area contributed by atoms with Gasteiger partial charge in [0.15, 0.2) is 0 Å². The Balaban J connectivity index is 2.11. The average molecular weight is 328 g/mol. The van der Waals surface area contributed by atoms with Crippen molar-refractivity contribution >= 4 is 17.3 Å². The Kier molecular flexibility index (Phi) is 3.61. The third-order valence-electron chi connectivity index (χ3n) is 3.90. The number of aryl methyl sites for hydroxylation is 2. The molecule has 1 aromatic heterocycles. The first kappa shape index (κ1) is 15.5. The Morgan fingerprint density at radius 2 is 2.22 bits per heavy atom. The van der Waals surface area contributed by atoms with Crippen molar-refractivity contribution < 1.29 is 14.6 Å². The van der Waals surface area contributed by atoms with Crippen molar-refractivity contribution in [3.05, 3.63) is 33.8 Å². The second-order valence-electron chi connectivity index (χ2n) is 6.22. The van der Waals surface area contributed by atoms with Gasteiger partial charge in [-0.3, -0.25) is 0 Å². The number of ether oxygens (including phenoxy) is 1. The minimum Gasteiger partial charge on any atom is -0.486 e. The maximum absolute atomic E-state index is 11.2. The van der Waals surface area contributed by atoms with E-state index in [1.807, 2.05) is 19.9 Å². The standard InChI is InChI=1S/C17H16N2O3S/c1-9-14(16(20)21)23-15(19-9)11-6-10-4-5-17(2,3)22-13(10)12(7-11)8-18/h6-7H,4-5H2,1-3H3,(H,20,21). The maximum atomic E-state index is 11.2. The van der Waals surface area contributed by atoms with Gasteiger partial charge in [0.05, 0.1) is 11.3 Å². The molecule has 0 aliphatic carbocycles. The number of fused-ring (bicyclic) bond motifs is 1. The summed E-state index contributed by atoms with van der Waals surface area (Å²) >= 11 is 1.13. The lowest BCUT2D eigenvalue weighted by Crippen LogP contribution is -2.33. The lowest BCUT2D eigenvalue weighted by atomic mass is 9.91. The van der Waals surface area contributed by atoms with Gasteiger partial charge >= 0.3 is 5.97 Å². The molecule has 23 heavy (non-hydrogen) atoms. The summed E-state index contributed by atoms with van der Waals surface area (Å²) in [7, 11) is 0. The number of rotatable bonds is 2. The molecule has 1 N–H and O–H groups in total. The van der Waals surface area contributed by atoms with Gasteiger partial charge in [0, 0.05) is 5.56 Å². The van der Waals surface area contributed by atoms with E-state index in [0.717, 1.165) is 35.3 Å². The highest BCUT2D eigenvalue weighted by Crippen LogP contribution is 2.39. The molecule has 0 atom stereocenters. The number of carboxylic acid groups (broad SMARTS) is 1. The molecular weight excluding hydrogens is 312 g/mol. The van der Waals surface area contributed by atoms with E-state index in [1.165, 1.54) is 0 Å². The zero-order valence-corrected chi connectivity index (χ0v) is 14.0. The maximum Gasteiger partial charge on any atom is 0.347 e. The van der Waals surface area contributed by atoms with E-state index in [0.29, 0.717) is 22.0 Å². The minimum atomic E-state index is -0.977. The van der Waals surface area contributed by atoms with E-state index in [-0.39, 0.29) is 10.5 Å². The van der Waals surface area contributed by atoms with E-state index in [4.69, 9.17) is 4.74 Å². The lowest BCUT2D eigenvalue weighted by molar-refractivity contribution is 0.0701. The van der Waals surface area contributed by atoms with Gasteiger partial charge in [-0.25, -0.2) is 9.78 Å². The number of aromatic carboxylic acids is 1. The monoisotopic (exact) mass is 328 g/mol. The van der Waals surface area contributed by atoms with Gasteiger partial charge in [0.25, 0.3) is 0 Å². The van der Waals surface area contributed by atoms with Crippen LogP contribution < -0.4 is 4.74 Å². The van der Waals surface area contributed by atoms with Crippen LogP contribution in [0.1, 0.15) is 46.8 Å². The molecule has 1 aliphatic heterocycles. The lowest BCUT2D eigenvalue weighted by Gasteiger charge is -2.33. The Labute approximate surface area is 138 Å². The van der Waals surface area contributed by atoms with Gasteiger partial charge in [-0.05, 0) is 51.3 Å². The number of hydrogen-bond acceptors (Lipinski definition) is 5. The summed E-state index contributed by atoms with van der Waals surface area (Å²) in [6, 6.07) is 5.86. The Bertz CT molecular complexity index is 846. The van der Waals surface area contributed by atoms with Crippen LogP contribution in [0.2, 0.25) is 0 Å². The summed E-state index contributed by atoms with van der Waals surface area (Å²) in [6.07, 6.45) is 1.69. The summed E-state index contributed by atoms with van der Waals surface area (Å²) in [5.74, 6) is -0.339. The van der Waals surface area contributed by atoms with Crippen LogP contribution in [-0.2, 0) is 6.42 Å². The molecule has 2 aromatic rings. The first-order valence-corrected chi connectivity index (χ1v) is 8.09. The molecular formula is C17H16N2O3S. The molecule has 0 unspecified atom stereocenters. The molecule has 118 valence electrons. The van der Waals surface area contributed by atoms with Crippen molar-refractivity contribution in [1.29, 1.82) is 5.26 Å². The van der Waals surface area contributed by atoms with Crippen LogP contribution in [0, 0.1) is 18.3 Å². The quantitative estimate of drug-likeness (QED) is 0.906. The highest BCUT2D eigenvalue weighted by atomic mass is 32.1. The van der Waals surface area contributed by atoms with E-state index in [9.17, 15) is 15.2 Å². The number of aromatic nitrogens is 1. The third kappa shape index (κ3) is 2.80. The van der Waals surface area contributed by atoms with Crippen LogP contribution in [-0.4, -0.2) is 21.7 Å². The van der Waals surface area contributed by atoms with Crippen LogP contribution in [0.25, 0.3) is 10.6 Å². The van der Waals surface area contributed by atoms with Crippen molar-refractivity contribution in [1.82, 2.24) is 4.98 Å². The summed E-state index contributed by atoms with van der Waals surface area (Å²) in [6.45, 7) is 5.70. The number of hydrogen-bond donors (Lipinski definition) is 1. The summed E-state index contributed by atoms with van der Waals surface area (Å²) in [5.41, 5.74) is 2.42. The number of carbonyl (C=O) groups is 1. The van der Waals surface area contributed by atoms with Crippen LogP contribution in [0.4, 0.5) is 0 Å². The fraction of sp³-hybridized carbons (Fsp3) is 0.353. The summed E-state index contributed by atoms with van der Waals surface area (Å²) < 4.78 is 5.97. The zero-order chi connectivity index (χ0) is 16.8. The normalized spacial score (nSPS) is 15.4. The van der Waals surface area contributed by atoms with Gasteiger partial charge in [-0.2, -0.15) is 5.26 Å². The molecule has 0 saturated heterocycles. The highest BCUT2D eigenvalue weighted by Gasteiger charge is 2.29. The first-order valence-electron chi connectivity index (χ1n) is 7.28. The Morgan fingerprint density at radius 3 is 2.83 bits per heavy atom. The van der Waals surface area contributed by atoms with Gasteiger partial charge < -0.3 is 9.84 Å². The van der Waals surface area contributed by atoms with Gasteiger partial charge in [-0.15, -0.1) is 11.3 Å². The molecule has 0 spiro atoms. The van der Waals surface area contributed by atoms with Crippen molar-refractivity contribution in [3.8, 4) is 22.4 Å². The van der Waals surface area contributed by atoms with Crippen LogP contribution in [0.3, 0.4) is 0 Å². The predicted molar refractivity (Wildman–Crippen MR) is 87.0 cm³/mol.